The molecule has 1 atom stereocenters. The lowest BCUT2D eigenvalue weighted by molar-refractivity contribution is 0.0694. The quantitative estimate of drug-likeness (QED) is 0.660. The number of guanidine groups is 1. The second-order valence-electron chi connectivity index (χ2n) is 6.99. The molecule has 2 N–H and O–H groups in total. The molecule has 1 fully saturated rings. The third-order valence-corrected chi connectivity index (χ3v) is 4.58. The van der Waals surface area contributed by atoms with Gasteiger partial charge in [-0.05, 0) is 39.4 Å². The summed E-state index contributed by atoms with van der Waals surface area (Å²) in [5.74, 6) is 1.83. The largest absolute Gasteiger partial charge is 0.487 e. The molecule has 2 aliphatic rings. The standard InChI is InChI=1S/C18H28N4O/c1-18(2)13-15(14-7-4-5-8-16(14)23-18)21-17(19-3)20-9-12-22-10-6-11-22/h4-5,7-8,15H,6,9-13H2,1-3H3,(H2,19,20,21). The van der Waals surface area contributed by atoms with E-state index in [0.717, 1.165) is 31.2 Å². The molecule has 0 amide bonds. The number of rotatable bonds is 4. The Labute approximate surface area is 139 Å². The summed E-state index contributed by atoms with van der Waals surface area (Å²) in [5, 5.41) is 7.00. The summed E-state index contributed by atoms with van der Waals surface area (Å²) in [5.41, 5.74) is 1.03. The summed E-state index contributed by atoms with van der Waals surface area (Å²) < 4.78 is 6.09. The number of nitrogens with zero attached hydrogens (tertiary/aromatic N) is 2. The third kappa shape index (κ3) is 3.96. The van der Waals surface area contributed by atoms with Gasteiger partial charge in [0, 0.05) is 32.1 Å². The van der Waals surface area contributed by atoms with E-state index in [2.05, 4.69) is 46.5 Å². The first-order valence-corrected chi connectivity index (χ1v) is 8.55. The van der Waals surface area contributed by atoms with E-state index in [1.54, 1.807) is 0 Å². The lowest BCUT2D eigenvalue weighted by atomic mass is 9.90. The lowest BCUT2D eigenvalue weighted by Crippen LogP contribution is -2.48. The number of nitrogens with one attached hydrogen (secondary N) is 2. The topological polar surface area (TPSA) is 48.9 Å². The van der Waals surface area contributed by atoms with Crippen LogP contribution in [0.2, 0.25) is 0 Å². The number of ether oxygens (including phenoxy) is 1. The minimum Gasteiger partial charge on any atom is -0.487 e. The first kappa shape index (κ1) is 16.1. The Bertz CT molecular complexity index is 566. The van der Waals surface area contributed by atoms with E-state index in [9.17, 15) is 0 Å². The Morgan fingerprint density at radius 1 is 1.35 bits per heavy atom. The SMILES string of the molecule is CN=C(NCCN1CCC1)NC1CC(C)(C)Oc2ccccc21. The maximum Gasteiger partial charge on any atom is 0.191 e. The molecule has 0 spiro atoms. The van der Waals surface area contributed by atoms with Gasteiger partial charge in [-0.15, -0.1) is 0 Å². The number of hydrogen-bond donors (Lipinski definition) is 2. The third-order valence-electron chi connectivity index (χ3n) is 4.58. The Hall–Kier alpha value is -1.75. The fourth-order valence-corrected chi connectivity index (χ4v) is 3.23. The van der Waals surface area contributed by atoms with E-state index in [-0.39, 0.29) is 11.6 Å². The molecule has 23 heavy (non-hydrogen) atoms. The highest BCUT2D eigenvalue weighted by Crippen LogP contribution is 2.39. The molecular formula is C18H28N4O. The summed E-state index contributed by atoms with van der Waals surface area (Å²) in [4.78, 5) is 6.83. The van der Waals surface area contributed by atoms with Crippen molar-refractivity contribution in [3.63, 3.8) is 0 Å². The average Bonchev–Trinajstić information content (AvgIpc) is 2.47. The molecule has 1 unspecified atom stereocenters. The molecule has 0 aliphatic carbocycles. The Morgan fingerprint density at radius 2 is 2.13 bits per heavy atom. The number of likely N-dealkylation sites (tertiary alicyclic amines) is 1. The zero-order chi connectivity index (χ0) is 16.3. The first-order valence-electron chi connectivity index (χ1n) is 8.55. The van der Waals surface area contributed by atoms with Crippen molar-refractivity contribution in [1.29, 1.82) is 0 Å². The normalized spacial score (nSPS) is 23.4. The van der Waals surface area contributed by atoms with Crippen molar-refractivity contribution in [3.8, 4) is 5.75 Å². The summed E-state index contributed by atoms with van der Waals surface area (Å²) in [6.07, 6.45) is 2.25. The van der Waals surface area contributed by atoms with Crippen molar-refractivity contribution in [2.45, 2.75) is 38.3 Å². The molecular weight excluding hydrogens is 288 g/mol. The van der Waals surface area contributed by atoms with Crippen molar-refractivity contribution >= 4 is 5.96 Å². The molecule has 0 bridgehead atoms. The molecule has 126 valence electrons. The summed E-state index contributed by atoms with van der Waals surface area (Å²) >= 11 is 0. The van der Waals surface area contributed by atoms with Gasteiger partial charge in [-0.1, -0.05) is 18.2 Å². The molecule has 1 saturated heterocycles. The molecule has 5 nitrogen and oxygen atoms in total. The van der Waals surface area contributed by atoms with Gasteiger partial charge in [0.15, 0.2) is 5.96 Å². The number of benzene rings is 1. The van der Waals surface area contributed by atoms with Crippen LogP contribution in [-0.4, -0.2) is 49.7 Å². The molecule has 1 aromatic rings. The van der Waals surface area contributed by atoms with E-state index in [1.165, 1.54) is 25.1 Å². The maximum atomic E-state index is 6.09. The zero-order valence-corrected chi connectivity index (χ0v) is 14.4. The zero-order valence-electron chi connectivity index (χ0n) is 14.4. The molecule has 3 rings (SSSR count). The molecule has 0 radical (unpaired) electrons. The van der Waals surface area contributed by atoms with Gasteiger partial charge in [0.1, 0.15) is 11.4 Å². The van der Waals surface area contributed by atoms with Crippen molar-refractivity contribution in [2.75, 3.05) is 33.2 Å². The highest BCUT2D eigenvalue weighted by Gasteiger charge is 2.33. The fourth-order valence-electron chi connectivity index (χ4n) is 3.23. The van der Waals surface area contributed by atoms with Crippen LogP contribution in [0.1, 0.15) is 38.3 Å². The average molecular weight is 316 g/mol. The van der Waals surface area contributed by atoms with Crippen LogP contribution in [0.5, 0.6) is 5.75 Å². The molecule has 5 heteroatoms. The molecule has 0 saturated carbocycles. The minimum absolute atomic E-state index is 0.178. The Morgan fingerprint density at radius 3 is 2.83 bits per heavy atom. The van der Waals surface area contributed by atoms with E-state index in [0.29, 0.717) is 0 Å². The summed E-state index contributed by atoms with van der Waals surface area (Å²) in [6.45, 7) is 8.74. The summed E-state index contributed by atoms with van der Waals surface area (Å²) in [6, 6.07) is 8.48. The monoisotopic (exact) mass is 316 g/mol. The van der Waals surface area contributed by atoms with Gasteiger partial charge in [-0.2, -0.15) is 0 Å². The van der Waals surface area contributed by atoms with Crippen LogP contribution in [-0.2, 0) is 0 Å². The van der Waals surface area contributed by atoms with Crippen molar-refractivity contribution in [1.82, 2.24) is 15.5 Å². The van der Waals surface area contributed by atoms with Gasteiger partial charge in [0.2, 0.25) is 0 Å². The Kier molecular flexibility index (Phi) is 4.76. The van der Waals surface area contributed by atoms with E-state index in [4.69, 9.17) is 4.74 Å². The fraction of sp³-hybridized carbons (Fsp3) is 0.611. The van der Waals surface area contributed by atoms with Crippen LogP contribution < -0.4 is 15.4 Å². The number of aliphatic imine (C=N–C) groups is 1. The van der Waals surface area contributed by atoms with Gasteiger partial charge in [-0.25, -0.2) is 0 Å². The van der Waals surface area contributed by atoms with Gasteiger partial charge in [0.05, 0.1) is 6.04 Å². The maximum absolute atomic E-state index is 6.09. The van der Waals surface area contributed by atoms with Crippen LogP contribution in [0.3, 0.4) is 0 Å². The van der Waals surface area contributed by atoms with Crippen LogP contribution in [0.15, 0.2) is 29.3 Å². The van der Waals surface area contributed by atoms with Crippen LogP contribution in [0.25, 0.3) is 0 Å². The predicted octanol–water partition coefficient (Wildman–Crippen LogP) is 2.16. The van der Waals surface area contributed by atoms with Crippen molar-refractivity contribution in [2.24, 2.45) is 4.99 Å². The van der Waals surface area contributed by atoms with Crippen LogP contribution >= 0.6 is 0 Å². The van der Waals surface area contributed by atoms with E-state index >= 15 is 0 Å². The van der Waals surface area contributed by atoms with Gasteiger partial charge in [0.25, 0.3) is 0 Å². The first-order chi connectivity index (χ1) is 11.1. The van der Waals surface area contributed by atoms with Crippen LogP contribution in [0.4, 0.5) is 0 Å². The van der Waals surface area contributed by atoms with Crippen molar-refractivity contribution < 1.29 is 4.74 Å². The minimum atomic E-state index is -0.178. The number of fused-ring (bicyclic) bond motifs is 1. The van der Waals surface area contributed by atoms with Gasteiger partial charge >= 0.3 is 0 Å². The predicted molar refractivity (Wildman–Crippen MR) is 94.1 cm³/mol. The second kappa shape index (κ2) is 6.79. The van der Waals surface area contributed by atoms with E-state index in [1.807, 2.05) is 19.2 Å². The highest BCUT2D eigenvalue weighted by molar-refractivity contribution is 5.80. The van der Waals surface area contributed by atoms with Gasteiger partial charge in [-0.3, -0.25) is 4.99 Å². The molecule has 2 heterocycles. The molecule has 1 aromatic carbocycles. The Balaban J connectivity index is 1.62. The number of para-hydroxylation sites is 1. The second-order valence-corrected chi connectivity index (χ2v) is 6.99. The van der Waals surface area contributed by atoms with Gasteiger partial charge < -0.3 is 20.3 Å². The van der Waals surface area contributed by atoms with E-state index < -0.39 is 0 Å². The van der Waals surface area contributed by atoms with Crippen molar-refractivity contribution in [3.05, 3.63) is 29.8 Å². The smallest absolute Gasteiger partial charge is 0.191 e. The lowest BCUT2D eigenvalue weighted by Gasteiger charge is -2.38. The molecule has 2 aliphatic heterocycles. The highest BCUT2D eigenvalue weighted by atomic mass is 16.5. The number of hydrogen-bond acceptors (Lipinski definition) is 3. The molecule has 0 aromatic heterocycles. The summed E-state index contributed by atoms with van der Waals surface area (Å²) in [7, 11) is 1.83. The van der Waals surface area contributed by atoms with Crippen LogP contribution in [0, 0.1) is 0 Å².